The van der Waals surface area contributed by atoms with Gasteiger partial charge in [0.1, 0.15) is 28.8 Å². The lowest BCUT2D eigenvalue weighted by Gasteiger charge is -2.18. The topological polar surface area (TPSA) is 121 Å². The Morgan fingerprint density at radius 3 is 2.53 bits per heavy atom. The van der Waals surface area contributed by atoms with E-state index in [1.165, 1.54) is 16.7 Å². The number of nitrogens with one attached hydrogen (secondary N) is 1. The highest BCUT2D eigenvalue weighted by Gasteiger charge is 2.25. The van der Waals surface area contributed by atoms with Gasteiger partial charge in [0.05, 0.1) is 16.6 Å². The van der Waals surface area contributed by atoms with Crippen LogP contribution < -0.4 is 15.7 Å². The predicted octanol–water partition coefficient (Wildman–Crippen LogP) is 4.62. The highest BCUT2D eigenvalue weighted by Crippen LogP contribution is 2.32. The van der Waals surface area contributed by atoms with Crippen LogP contribution in [0.1, 0.15) is 60.9 Å². The molecule has 0 radical (unpaired) electrons. The lowest BCUT2D eigenvalue weighted by Crippen LogP contribution is -2.24. The average Bonchev–Trinajstić information content (AvgIpc) is 3.09. The Labute approximate surface area is 207 Å². The van der Waals surface area contributed by atoms with Crippen molar-refractivity contribution >= 4 is 17.3 Å². The number of nitro groups is 1. The molecule has 0 aliphatic heterocycles. The number of amides is 1. The van der Waals surface area contributed by atoms with Gasteiger partial charge in [0, 0.05) is 25.6 Å². The van der Waals surface area contributed by atoms with E-state index >= 15 is 4.39 Å². The van der Waals surface area contributed by atoms with Crippen LogP contribution in [0, 0.1) is 29.8 Å². The molecule has 1 unspecified atom stereocenters. The smallest absolute Gasteiger partial charge is 0.350 e. The highest BCUT2D eigenvalue weighted by atomic mass is 19.1. The molecular weight excluding hydrogens is 469 g/mol. The lowest BCUT2D eigenvalue weighted by atomic mass is 10.1. The van der Waals surface area contributed by atoms with Gasteiger partial charge in [0.15, 0.2) is 0 Å². The first-order valence-electron chi connectivity index (χ1n) is 11.7. The number of hydrogen-bond acceptors (Lipinski definition) is 6. The summed E-state index contributed by atoms with van der Waals surface area (Å²) in [5, 5.41) is 18.4. The Bertz CT molecular complexity index is 1380. The highest BCUT2D eigenvalue weighted by molar-refractivity contribution is 6.08. The number of anilines is 1. The second-order valence-corrected chi connectivity index (χ2v) is 8.73. The van der Waals surface area contributed by atoms with Crippen molar-refractivity contribution in [2.24, 2.45) is 7.05 Å². The van der Waals surface area contributed by atoms with Gasteiger partial charge in [-0.15, -0.1) is 5.10 Å². The predicted molar refractivity (Wildman–Crippen MR) is 134 cm³/mol. The van der Waals surface area contributed by atoms with Gasteiger partial charge >= 0.3 is 5.69 Å². The van der Waals surface area contributed by atoms with Crippen molar-refractivity contribution in [1.82, 2.24) is 14.3 Å². The third-order valence-corrected chi connectivity index (χ3v) is 5.83. The third-order valence-electron chi connectivity index (χ3n) is 5.83. The number of carbonyl (C=O) groups is 1. The molecule has 3 aromatic rings. The fraction of sp³-hybridized carbons (Fsp3) is 0.400. The number of benzene rings is 2. The Morgan fingerprint density at radius 2 is 1.94 bits per heavy atom. The Balaban J connectivity index is 2.13. The molecule has 36 heavy (non-hydrogen) atoms. The summed E-state index contributed by atoms with van der Waals surface area (Å²) in [7, 11) is 1.54. The summed E-state index contributed by atoms with van der Waals surface area (Å²) in [6.07, 6.45) is 1.62. The molecule has 0 saturated heterocycles. The van der Waals surface area contributed by atoms with Crippen molar-refractivity contribution in [3.8, 4) is 11.4 Å². The van der Waals surface area contributed by atoms with Gasteiger partial charge < -0.3 is 10.1 Å². The average molecular weight is 500 g/mol. The number of aromatic nitrogens is 3. The molecule has 0 aliphatic rings. The summed E-state index contributed by atoms with van der Waals surface area (Å²) in [4.78, 5) is 37.0. The minimum atomic E-state index is -0.867. The number of rotatable bonds is 9. The van der Waals surface area contributed by atoms with Crippen LogP contribution in [-0.2, 0) is 13.5 Å². The maximum absolute atomic E-state index is 15.3. The Morgan fingerprint density at radius 1 is 1.25 bits per heavy atom. The van der Waals surface area contributed by atoms with E-state index in [9.17, 15) is 19.7 Å². The van der Waals surface area contributed by atoms with E-state index in [1.807, 2.05) is 20.8 Å². The first-order chi connectivity index (χ1) is 17.0. The van der Waals surface area contributed by atoms with Crippen molar-refractivity contribution in [3.05, 3.63) is 73.2 Å². The zero-order chi connectivity index (χ0) is 26.7. The minimum absolute atomic E-state index is 0.0150. The van der Waals surface area contributed by atoms with Crippen molar-refractivity contribution < 1.29 is 18.8 Å². The van der Waals surface area contributed by atoms with Crippen molar-refractivity contribution in [2.75, 3.05) is 5.32 Å². The first kappa shape index (κ1) is 26.6. The van der Waals surface area contributed by atoms with Gasteiger partial charge in [-0.25, -0.2) is 9.18 Å². The Kier molecular flexibility index (Phi) is 7.91. The van der Waals surface area contributed by atoms with Crippen LogP contribution in [-0.4, -0.2) is 31.3 Å². The zero-order valence-electron chi connectivity index (χ0n) is 21.2. The summed E-state index contributed by atoms with van der Waals surface area (Å²) < 4.78 is 23.5. The molecule has 11 heteroatoms. The summed E-state index contributed by atoms with van der Waals surface area (Å²) in [6.45, 7) is 8.96. The molecule has 2 aromatic carbocycles. The van der Waals surface area contributed by atoms with Crippen LogP contribution >= 0.6 is 0 Å². The summed E-state index contributed by atoms with van der Waals surface area (Å²) in [5.74, 6) is -1.15. The van der Waals surface area contributed by atoms with E-state index in [2.05, 4.69) is 10.4 Å². The van der Waals surface area contributed by atoms with Crippen molar-refractivity contribution in [3.63, 3.8) is 0 Å². The molecule has 0 spiro atoms. The molecule has 0 bridgehead atoms. The SMILES string of the molecule is CCCC(C)Oc1cc(-n2nc(CC)n(C)c2=O)c(F)cc1C(=O)Nc1c(C)cc(C)cc1[N+](=O)[O-]. The summed E-state index contributed by atoms with van der Waals surface area (Å²) in [6, 6.07) is 5.28. The second-order valence-electron chi connectivity index (χ2n) is 8.73. The molecule has 0 aliphatic carbocycles. The van der Waals surface area contributed by atoms with Crippen LogP contribution in [0.3, 0.4) is 0 Å². The van der Waals surface area contributed by atoms with E-state index in [4.69, 9.17) is 4.74 Å². The van der Waals surface area contributed by atoms with Crippen LogP contribution in [0.15, 0.2) is 29.1 Å². The number of nitro benzene ring substituents is 1. The van der Waals surface area contributed by atoms with Gasteiger partial charge in [0.25, 0.3) is 11.6 Å². The molecule has 1 atom stereocenters. The molecular formula is C25H30FN5O5. The standard InChI is InChI=1S/C25H30FN5O5/c1-7-9-16(5)36-21-13-19(30-25(33)29(6)22(8-2)28-30)18(26)12-17(21)24(32)27-23-15(4)10-14(3)11-20(23)31(34)35/h10-13,16H,7-9H2,1-6H3,(H,27,32). The maximum atomic E-state index is 15.3. The van der Waals surface area contributed by atoms with Crippen LogP contribution in [0.25, 0.3) is 5.69 Å². The maximum Gasteiger partial charge on any atom is 0.350 e. The van der Waals surface area contributed by atoms with Gasteiger partial charge in [-0.3, -0.25) is 19.5 Å². The fourth-order valence-corrected chi connectivity index (χ4v) is 4.04. The molecule has 1 N–H and O–H groups in total. The molecule has 0 fully saturated rings. The monoisotopic (exact) mass is 499 g/mol. The van der Waals surface area contributed by atoms with Crippen LogP contribution in [0.4, 0.5) is 15.8 Å². The van der Waals surface area contributed by atoms with Gasteiger partial charge in [-0.05, 0) is 44.4 Å². The number of hydrogen-bond donors (Lipinski definition) is 1. The van der Waals surface area contributed by atoms with E-state index in [1.54, 1.807) is 27.0 Å². The van der Waals surface area contributed by atoms with Gasteiger partial charge in [0.2, 0.25) is 0 Å². The van der Waals surface area contributed by atoms with Crippen LogP contribution in [0.5, 0.6) is 5.75 Å². The molecule has 1 aromatic heterocycles. The molecule has 192 valence electrons. The van der Waals surface area contributed by atoms with Gasteiger partial charge in [-0.2, -0.15) is 4.68 Å². The molecule has 1 amide bonds. The van der Waals surface area contributed by atoms with E-state index in [-0.39, 0.29) is 34.5 Å². The van der Waals surface area contributed by atoms with Crippen molar-refractivity contribution in [2.45, 2.75) is 60.0 Å². The molecule has 3 rings (SSSR count). The molecule has 1 heterocycles. The van der Waals surface area contributed by atoms with E-state index < -0.39 is 22.3 Å². The number of ether oxygens (including phenoxy) is 1. The molecule has 10 nitrogen and oxygen atoms in total. The number of carbonyl (C=O) groups excluding carboxylic acids is 1. The Hall–Kier alpha value is -4.02. The minimum Gasteiger partial charge on any atom is -0.490 e. The fourth-order valence-electron chi connectivity index (χ4n) is 4.04. The number of nitrogens with zero attached hydrogens (tertiary/aromatic N) is 4. The van der Waals surface area contributed by atoms with Gasteiger partial charge in [-0.1, -0.05) is 26.3 Å². The summed E-state index contributed by atoms with van der Waals surface area (Å²) in [5.41, 5.74) is 0.0315. The zero-order valence-corrected chi connectivity index (χ0v) is 21.2. The largest absolute Gasteiger partial charge is 0.490 e. The van der Waals surface area contributed by atoms with Crippen LogP contribution in [0.2, 0.25) is 0 Å². The number of halogens is 1. The second kappa shape index (κ2) is 10.7. The number of aryl methyl sites for hydroxylation is 3. The van der Waals surface area contributed by atoms with E-state index in [0.717, 1.165) is 17.2 Å². The van der Waals surface area contributed by atoms with Crippen molar-refractivity contribution in [1.29, 1.82) is 0 Å². The first-order valence-corrected chi connectivity index (χ1v) is 11.7. The third kappa shape index (κ3) is 5.29. The lowest BCUT2D eigenvalue weighted by molar-refractivity contribution is -0.384. The summed E-state index contributed by atoms with van der Waals surface area (Å²) >= 11 is 0. The molecule has 0 saturated carbocycles. The quantitative estimate of drug-likeness (QED) is 0.339. The van der Waals surface area contributed by atoms with E-state index in [0.29, 0.717) is 29.8 Å². The normalized spacial score (nSPS) is 11.9.